The van der Waals surface area contributed by atoms with Crippen LogP contribution in [0.25, 0.3) is 0 Å². The van der Waals surface area contributed by atoms with E-state index in [0.29, 0.717) is 12.2 Å². The van der Waals surface area contributed by atoms with Crippen molar-refractivity contribution in [3.63, 3.8) is 0 Å². The van der Waals surface area contributed by atoms with Crippen LogP contribution in [0.2, 0.25) is 0 Å². The van der Waals surface area contributed by atoms with E-state index in [1.54, 1.807) is 0 Å². The van der Waals surface area contributed by atoms with E-state index in [1.807, 2.05) is 6.92 Å². The molecule has 0 aromatic heterocycles. The summed E-state index contributed by atoms with van der Waals surface area (Å²) in [6, 6.07) is 3.92. The molecule has 2 rings (SSSR count). The van der Waals surface area contributed by atoms with Crippen molar-refractivity contribution in [2.24, 2.45) is 0 Å². The number of sulfonamides is 1. The predicted molar refractivity (Wildman–Crippen MR) is 75.2 cm³/mol. The van der Waals surface area contributed by atoms with Crippen LogP contribution >= 0.6 is 0 Å². The minimum absolute atomic E-state index is 0.109. The minimum atomic E-state index is -3.87. The van der Waals surface area contributed by atoms with E-state index in [9.17, 15) is 18.5 Å². The van der Waals surface area contributed by atoms with Crippen molar-refractivity contribution >= 4 is 21.4 Å². The Hall–Kier alpha value is -1.67. The Balaban J connectivity index is 2.39. The van der Waals surface area contributed by atoms with Crippen molar-refractivity contribution in [2.45, 2.75) is 37.1 Å². The molecule has 1 aromatic rings. The first-order valence-electron chi connectivity index (χ1n) is 6.48. The summed E-state index contributed by atoms with van der Waals surface area (Å²) in [5, 5.41) is 14.0. The van der Waals surface area contributed by atoms with Crippen molar-refractivity contribution in [1.82, 2.24) is 4.72 Å². The summed E-state index contributed by atoms with van der Waals surface area (Å²) < 4.78 is 27.1. The molecule has 0 saturated heterocycles. The lowest BCUT2D eigenvalue weighted by Crippen LogP contribution is -2.39. The van der Waals surface area contributed by atoms with Gasteiger partial charge in [-0.2, -0.15) is 0 Å². The number of anilines is 1. The zero-order valence-electron chi connectivity index (χ0n) is 11.1. The number of rotatable bonds is 6. The second-order valence-corrected chi connectivity index (χ2v) is 6.40. The van der Waals surface area contributed by atoms with Crippen LogP contribution in [0.5, 0.6) is 0 Å². The highest BCUT2D eigenvalue weighted by Crippen LogP contribution is 2.29. The van der Waals surface area contributed by atoms with Gasteiger partial charge in [0.25, 0.3) is 5.69 Å². The van der Waals surface area contributed by atoms with Gasteiger partial charge in [0, 0.05) is 24.3 Å². The molecule has 1 aliphatic rings. The van der Waals surface area contributed by atoms with E-state index in [-0.39, 0.29) is 10.9 Å². The lowest BCUT2D eigenvalue weighted by molar-refractivity contribution is -0.387. The summed E-state index contributed by atoms with van der Waals surface area (Å²) >= 11 is 0. The molecule has 1 aromatic carbocycles. The summed E-state index contributed by atoms with van der Waals surface area (Å²) in [7, 11) is -3.87. The van der Waals surface area contributed by atoms with E-state index in [2.05, 4.69) is 10.0 Å². The van der Waals surface area contributed by atoms with Gasteiger partial charge in [-0.15, -0.1) is 0 Å². The highest BCUT2D eigenvalue weighted by atomic mass is 32.2. The number of nitro groups is 1. The van der Waals surface area contributed by atoms with Crippen LogP contribution in [0.3, 0.4) is 0 Å². The van der Waals surface area contributed by atoms with E-state index < -0.39 is 20.6 Å². The topological polar surface area (TPSA) is 101 Å². The van der Waals surface area contributed by atoms with E-state index in [1.165, 1.54) is 18.2 Å². The second-order valence-electron chi connectivity index (χ2n) is 4.72. The summed E-state index contributed by atoms with van der Waals surface area (Å²) in [5.41, 5.74) is 0.144. The van der Waals surface area contributed by atoms with E-state index in [0.717, 1.165) is 19.3 Å². The third-order valence-electron chi connectivity index (χ3n) is 3.25. The third-order valence-corrected chi connectivity index (χ3v) is 4.80. The maximum absolute atomic E-state index is 12.3. The maximum Gasteiger partial charge on any atom is 0.289 e. The summed E-state index contributed by atoms with van der Waals surface area (Å²) in [5.74, 6) is 0. The molecule has 0 radical (unpaired) electrons. The molecule has 20 heavy (non-hydrogen) atoms. The molecular formula is C12H17N3O4S. The van der Waals surface area contributed by atoms with Gasteiger partial charge in [0.05, 0.1) is 4.92 Å². The van der Waals surface area contributed by atoms with Gasteiger partial charge in [0.1, 0.15) is 0 Å². The number of hydrogen-bond acceptors (Lipinski definition) is 5. The first-order chi connectivity index (χ1) is 9.44. The number of nitro benzene ring substituents is 1. The van der Waals surface area contributed by atoms with Gasteiger partial charge in [0.2, 0.25) is 10.0 Å². The lowest BCUT2D eigenvalue weighted by atomic mass is 9.94. The van der Waals surface area contributed by atoms with Gasteiger partial charge < -0.3 is 5.32 Å². The maximum atomic E-state index is 12.3. The molecule has 0 spiro atoms. The number of benzene rings is 1. The fraction of sp³-hybridized carbons (Fsp3) is 0.500. The molecule has 0 amide bonds. The molecule has 0 aliphatic heterocycles. The van der Waals surface area contributed by atoms with Crippen molar-refractivity contribution in [1.29, 1.82) is 0 Å². The van der Waals surface area contributed by atoms with Gasteiger partial charge >= 0.3 is 0 Å². The molecule has 1 aliphatic carbocycles. The molecule has 0 unspecified atom stereocenters. The standard InChI is InChI=1S/C12H17N3O4S/c1-2-13-10-6-7-11(15(16)17)12(8-10)20(18,19)14-9-4-3-5-9/h6-9,13-14H,2-5H2,1H3. The van der Waals surface area contributed by atoms with Gasteiger partial charge in [0.15, 0.2) is 4.90 Å². The monoisotopic (exact) mass is 299 g/mol. The first-order valence-corrected chi connectivity index (χ1v) is 7.97. The van der Waals surface area contributed by atoms with Crippen LogP contribution in [-0.4, -0.2) is 25.9 Å². The van der Waals surface area contributed by atoms with Crippen molar-refractivity contribution in [3.8, 4) is 0 Å². The van der Waals surface area contributed by atoms with Crippen molar-refractivity contribution in [2.75, 3.05) is 11.9 Å². The molecule has 1 fully saturated rings. The van der Waals surface area contributed by atoms with Crippen LogP contribution in [-0.2, 0) is 10.0 Å². The van der Waals surface area contributed by atoms with Crippen molar-refractivity contribution < 1.29 is 13.3 Å². The quantitative estimate of drug-likeness (QED) is 0.616. The Kier molecular flexibility index (Phi) is 4.24. The highest BCUT2D eigenvalue weighted by Gasteiger charge is 2.30. The fourth-order valence-corrected chi connectivity index (χ4v) is 3.50. The Bertz CT molecular complexity index is 611. The van der Waals surface area contributed by atoms with Crippen molar-refractivity contribution in [3.05, 3.63) is 28.3 Å². The van der Waals surface area contributed by atoms with Gasteiger partial charge in [-0.25, -0.2) is 13.1 Å². The van der Waals surface area contributed by atoms with Gasteiger partial charge in [-0.3, -0.25) is 10.1 Å². The molecule has 2 N–H and O–H groups in total. The molecule has 110 valence electrons. The van der Waals surface area contributed by atoms with Crippen LogP contribution in [0.4, 0.5) is 11.4 Å². The zero-order chi connectivity index (χ0) is 14.8. The number of nitrogens with one attached hydrogen (secondary N) is 2. The van der Waals surface area contributed by atoms with Crippen LogP contribution in [0.1, 0.15) is 26.2 Å². The average Bonchev–Trinajstić information content (AvgIpc) is 2.34. The van der Waals surface area contributed by atoms with Gasteiger partial charge in [-0.1, -0.05) is 6.42 Å². The summed E-state index contributed by atoms with van der Waals surface area (Å²) in [4.78, 5) is 10.0. The normalized spacial score (nSPS) is 15.7. The lowest BCUT2D eigenvalue weighted by Gasteiger charge is -2.26. The molecule has 0 heterocycles. The number of nitrogens with zero attached hydrogens (tertiary/aromatic N) is 1. The van der Waals surface area contributed by atoms with Gasteiger partial charge in [-0.05, 0) is 31.9 Å². The summed E-state index contributed by atoms with van der Waals surface area (Å²) in [6.07, 6.45) is 2.53. The minimum Gasteiger partial charge on any atom is -0.385 e. The Morgan fingerprint density at radius 2 is 2.10 bits per heavy atom. The Labute approximate surface area is 117 Å². The van der Waals surface area contributed by atoms with Crippen LogP contribution < -0.4 is 10.0 Å². The van der Waals surface area contributed by atoms with E-state index in [4.69, 9.17) is 0 Å². The predicted octanol–water partition coefficient (Wildman–Crippen LogP) is 1.86. The van der Waals surface area contributed by atoms with Crippen LogP contribution in [0, 0.1) is 10.1 Å². The molecule has 0 atom stereocenters. The van der Waals surface area contributed by atoms with E-state index >= 15 is 0 Å². The second kappa shape index (κ2) is 5.76. The fourth-order valence-electron chi connectivity index (χ4n) is 2.00. The summed E-state index contributed by atoms with van der Waals surface area (Å²) in [6.45, 7) is 2.47. The molecule has 1 saturated carbocycles. The Morgan fingerprint density at radius 3 is 2.60 bits per heavy atom. The Morgan fingerprint density at radius 1 is 1.40 bits per heavy atom. The third kappa shape index (κ3) is 3.07. The largest absolute Gasteiger partial charge is 0.385 e. The highest BCUT2D eigenvalue weighted by molar-refractivity contribution is 7.89. The zero-order valence-corrected chi connectivity index (χ0v) is 11.9. The number of hydrogen-bond donors (Lipinski definition) is 2. The molecule has 0 bridgehead atoms. The smallest absolute Gasteiger partial charge is 0.289 e. The first kappa shape index (κ1) is 14.7. The van der Waals surface area contributed by atoms with Crippen LogP contribution in [0.15, 0.2) is 23.1 Å². The molecular weight excluding hydrogens is 282 g/mol. The molecule has 8 heteroatoms. The molecule has 7 nitrogen and oxygen atoms in total. The SMILES string of the molecule is CCNc1ccc([N+](=O)[O-])c(S(=O)(=O)NC2CCC2)c1. The average molecular weight is 299 g/mol.